The van der Waals surface area contributed by atoms with E-state index in [0.29, 0.717) is 0 Å². The molecule has 21 heavy (non-hydrogen) atoms. The predicted molar refractivity (Wildman–Crippen MR) is 73.9 cm³/mol. The molecule has 0 bridgehead atoms. The average Bonchev–Trinajstić information content (AvgIpc) is 2.43. The summed E-state index contributed by atoms with van der Waals surface area (Å²) < 4.78 is 35.9. The number of carboxylic acid groups (broad SMARTS) is 1. The van der Waals surface area contributed by atoms with E-state index in [2.05, 4.69) is 4.74 Å². The summed E-state index contributed by atoms with van der Waals surface area (Å²) in [5, 5.41) is 8.60. The van der Waals surface area contributed by atoms with Crippen LogP contribution in [0.5, 0.6) is 0 Å². The summed E-state index contributed by atoms with van der Waals surface area (Å²) in [6, 6.07) is 0. The lowest BCUT2D eigenvalue weighted by Crippen LogP contribution is -2.44. The highest BCUT2D eigenvalue weighted by Crippen LogP contribution is 2.08. The summed E-state index contributed by atoms with van der Waals surface area (Å²) in [7, 11) is 0.0780. The SMILES string of the molecule is COCCN(CCC(=O)OC)S(=O)(=O)N(C)CCC(=O)O. The highest BCUT2D eigenvalue weighted by Gasteiger charge is 2.27. The van der Waals surface area contributed by atoms with E-state index >= 15 is 0 Å². The molecule has 1 N–H and O–H groups in total. The van der Waals surface area contributed by atoms with Crippen molar-refractivity contribution >= 4 is 22.1 Å². The number of nitrogens with zero attached hydrogens (tertiary/aromatic N) is 2. The summed E-state index contributed by atoms with van der Waals surface area (Å²) in [4.78, 5) is 21.6. The number of hydrogen-bond donors (Lipinski definition) is 1. The molecular weight excluding hydrogens is 304 g/mol. The highest BCUT2D eigenvalue weighted by atomic mass is 32.2. The van der Waals surface area contributed by atoms with Crippen molar-refractivity contribution < 1.29 is 32.6 Å². The number of esters is 1. The van der Waals surface area contributed by atoms with Crippen LogP contribution in [0.2, 0.25) is 0 Å². The van der Waals surface area contributed by atoms with Crippen molar-refractivity contribution in [2.24, 2.45) is 0 Å². The first-order chi connectivity index (χ1) is 9.75. The van der Waals surface area contributed by atoms with Crippen LogP contribution in [0.1, 0.15) is 12.8 Å². The Morgan fingerprint density at radius 1 is 1.10 bits per heavy atom. The minimum Gasteiger partial charge on any atom is -0.481 e. The fourth-order valence-corrected chi connectivity index (χ4v) is 2.76. The molecule has 0 amide bonds. The number of ether oxygens (including phenoxy) is 2. The Kier molecular flexibility index (Phi) is 9.09. The van der Waals surface area contributed by atoms with E-state index in [0.717, 1.165) is 8.61 Å². The van der Waals surface area contributed by atoms with E-state index in [9.17, 15) is 18.0 Å². The number of carbonyl (C=O) groups excluding carboxylic acids is 1. The standard InChI is InChI=1S/C11H22N2O7S/c1-12(6-4-10(14)15)21(17,18)13(8-9-19-2)7-5-11(16)20-3/h4-9H2,1-3H3,(H,14,15). The molecule has 0 aliphatic carbocycles. The van der Waals surface area contributed by atoms with Crippen LogP contribution in [0.3, 0.4) is 0 Å². The van der Waals surface area contributed by atoms with Crippen LogP contribution in [0.4, 0.5) is 0 Å². The predicted octanol–water partition coefficient (Wildman–Crippen LogP) is -0.851. The van der Waals surface area contributed by atoms with E-state index in [1.807, 2.05) is 0 Å². The van der Waals surface area contributed by atoms with E-state index in [1.54, 1.807) is 0 Å². The van der Waals surface area contributed by atoms with E-state index in [-0.39, 0.29) is 39.1 Å². The number of methoxy groups -OCH3 is 2. The van der Waals surface area contributed by atoms with Gasteiger partial charge in [0.25, 0.3) is 10.2 Å². The van der Waals surface area contributed by atoms with Gasteiger partial charge in [-0.25, -0.2) is 0 Å². The van der Waals surface area contributed by atoms with Crippen molar-refractivity contribution in [3.05, 3.63) is 0 Å². The van der Waals surface area contributed by atoms with Gasteiger partial charge < -0.3 is 14.6 Å². The zero-order valence-electron chi connectivity index (χ0n) is 12.4. The summed E-state index contributed by atoms with van der Waals surface area (Å²) in [5.41, 5.74) is 0. The van der Waals surface area contributed by atoms with Crippen LogP contribution >= 0.6 is 0 Å². The third kappa shape index (κ3) is 7.37. The van der Waals surface area contributed by atoms with Crippen LogP contribution in [0, 0.1) is 0 Å². The molecule has 0 fully saturated rings. The van der Waals surface area contributed by atoms with Crippen LogP contribution in [-0.2, 0) is 29.3 Å². The smallest absolute Gasteiger partial charge is 0.306 e. The monoisotopic (exact) mass is 326 g/mol. The van der Waals surface area contributed by atoms with E-state index in [4.69, 9.17) is 9.84 Å². The maximum Gasteiger partial charge on any atom is 0.306 e. The molecule has 0 saturated heterocycles. The van der Waals surface area contributed by atoms with Gasteiger partial charge in [0.2, 0.25) is 0 Å². The van der Waals surface area contributed by atoms with Gasteiger partial charge in [0.1, 0.15) is 0 Å². The van der Waals surface area contributed by atoms with Gasteiger partial charge in [0.15, 0.2) is 0 Å². The third-order valence-electron chi connectivity index (χ3n) is 2.70. The molecule has 0 heterocycles. The lowest BCUT2D eigenvalue weighted by atomic mass is 10.4. The molecular formula is C11H22N2O7S. The Balaban J connectivity index is 4.83. The number of hydrogen-bond acceptors (Lipinski definition) is 6. The highest BCUT2D eigenvalue weighted by molar-refractivity contribution is 7.86. The number of aliphatic carboxylic acids is 1. The van der Waals surface area contributed by atoms with Crippen molar-refractivity contribution in [2.75, 3.05) is 47.5 Å². The fourth-order valence-electron chi connectivity index (χ4n) is 1.42. The lowest BCUT2D eigenvalue weighted by molar-refractivity contribution is -0.140. The zero-order chi connectivity index (χ0) is 16.5. The Bertz CT molecular complexity index is 438. The lowest BCUT2D eigenvalue weighted by Gasteiger charge is -2.26. The molecule has 124 valence electrons. The first kappa shape index (κ1) is 19.8. The Hall–Kier alpha value is -1.23. The Morgan fingerprint density at radius 2 is 1.71 bits per heavy atom. The van der Waals surface area contributed by atoms with Gasteiger partial charge in [-0.05, 0) is 0 Å². The Morgan fingerprint density at radius 3 is 2.19 bits per heavy atom. The summed E-state index contributed by atoms with van der Waals surface area (Å²) in [6.45, 7) is 0.00949. The molecule has 0 aromatic carbocycles. The molecule has 0 atom stereocenters. The third-order valence-corrected chi connectivity index (χ3v) is 4.69. The van der Waals surface area contributed by atoms with Crippen molar-refractivity contribution in [1.82, 2.24) is 8.61 Å². The maximum absolute atomic E-state index is 12.3. The topological polar surface area (TPSA) is 113 Å². The summed E-state index contributed by atoms with van der Waals surface area (Å²) >= 11 is 0. The molecule has 0 radical (unpaired) electrons. The van der Waals surface area contributed by atoms with Crippen LogP contribution in [-0.4, -0.2) is 81.6 Å². The molecule has 0 unspecified atom stereocenters. The van der Waals surface area contributed by atoms with Gasteiger partial charge >= 0.3 is 11.9 Å². The van der Waals surface area contributed by atoms with Gasteiger partial charge in [-0.3, -0.25) is 9.59 Å². The zero-order valence-corrected chi connectivity index (χ0v) is 13.3. The van der Waals surface area contributed by atoms with E-state index < -0.39 is 22.1 Å². The second kappa shape index (κ2) is 9.66. The summed E-state index contributed by atoms with van der Waals surface area (Å²) in [5.74, 6) is -1.61. The maximum atomic E-state index is 12.3. The van der Waals surface area contributed by atoms with Crippen molar-refractivity contribution in [3.63, 3.8) is 0 Å². The first-order valence-electron chi connectivity index (χ1n) is 6.24. The minimum absolute atomic E-state index is 0.0597. The van der Waals surface area contributed by atoms with Crippen LogP contribution in [0.25, 0.3) is 0 Å². The van der Waals surface area contributed by atoms with Gasteiger partial charge in [-0.15, -0.1) is 0 Å². The quantitative estimate of drug-likeness (QED) is 0.492. The largest absolute Gasteiger partial charge is 0.481 e. The number of rotatable bonds is 11. The van der Waals surface area contributed by atoms with Gasteiger partial charge in [0.05, 0.1) is 26.6 Å². The summed E-state index contributed by atoms with van der Waals surface area (Å²) in [6.07, 6.45) is -0.392. The molecule has 0 spiro atoms. The van der Waals surface area contributed by atoms with Crippen molar-refractivity contribution in [3.8, 4) is 0 Å². The second-order valence-corrected chi connectivity index (χ2v) is 6.23. The minimum atomic E-state index is -3.86. The molecule has 10 heteroatoms. The molecule has 0 aromatic rings. The van der Waals surface area contributed by atoms with Crippen molar-refractivity contribution in [1.29, 1.82) is 0 Å². The molecule has 0 aromatic heterocycles. The fraction of sp³-hybridized carbons (Fsp3) is 0.818. The first-order valence-corrected chi connectivity index (χ1v) is 7.64. The molecule has 0 rings (SSSR count). The van der Waals surface area contributed by atoms with Gasteiger partial charge in [0, 0.05) is 33.8 Å². The Labute approximate surface area is 124 Å². The van der Waals surface area contributed by atoms with Crippen LogP contribution in [0.15, 0.2) is 0 Å². The van der Waals surface area contributed by atoms with Crippen LogP contribution < -0.4 is 0 Å². The van der Waals surface area contributed by atoms with Crippen molar-refractivity contribution in [2.45, 2.75) is 12.8 Å². The average molecular weight is 326 g/mol. The molecule has 9 nitrogen and oxygen atoms in total. The van der Waals surface area contributed by atoms with Gasteiger partial charge in [-0.2, -0.15) is 17.0 Å². The molecule has 0 aliphatic rings. The van der Waals surface area contributed by atoms with Gasteiger partial charge in [-0.1, -0.05) is 0 Å². The molecule has 0 aliphatic heterocycles. The normalized spacial score (nSPS) is 11.9. The molecule has 0 saturated carbocycles. The van der Waals surface area contributed by atoms with E-state index in [1.165, 1.54) is 21.3 Å². The number of carboxylic acids is 1. The number of carbonyl (C=O) groups is 2. The second-order valence-electron chi connectivity index (χ2n) is 4.19.